The minimum absolute atomic E-state index is 0.713. The quantitative estimate of drug-likeness (QED) is 0.135. The van der Waals surface area contributed by atoms with Crippen LogP contribution in [0.4, 0.5) is 4.39 Å². The van der Waals surface area contributed by atoms with Gasteiger partial charge in [-0.3, -0.25) is 0 Å². The van der Waals surface area contributed by atoms with E-state index < -0.39 is 5.83 Å². The number of rotatable bonds is 12. The molecule has 0 amide bonds. The van der Waals surface area contributed by atoms with Crippen molar-refractivity contribution in [1.82, 2.24) is 0 Å². The van der Waals surface area contributed by atoms with Crippen LogP contribution in [0.15, 0.2) is 36.2 Å². The molecular weight excluding hydrogens is 369 g/mol. The third kappa shape index (κ3) is 10.6. The van der Waals surface area contributed by atoms with Gasteiger partial charge < -0.3 is 0 Å². The summed E-state index contributed by atoms with van der Waals surface area (Å²) in [6, 6.07) is 1.50. The number of hydrogen-bond donors (Lipinski definition) is 0. The number of unbranched alkanes of at least 4 members (excludes halogenated alkanes) is 4. The van der Waals surface area contributed by atoms with Gasteiger partial charge in [0.2, 0.25) is 0 Å². The second kappa shape index (κ2) is 15.4. The van der Waals surface area contributed by atoms with Crippen molar-refractivity contribution in [2.45, 2.75) is 110 Å². The summed E-state index contributed by atoms with van der Waals surface area (Å²) in [7, 11) is 0. The van der Waals surface area contributed by atoms with Crippen molar-refractivity contribution < 1.29 is 4.39 Å². The van der Waals surface area contributed by atoms with Gasteiger partial charge in [-0.25, -0.2) is 0 Å². The van der Waals surface area contributed by atoms with Gasteiger partial charge in [-0.1, -0.05) is 69.8 Å². The third-order valence-electron chi connectivity index (χ3n) is 7.38. The highest BCUT2D eigenvalue weighted by atomic mass is 19.1. The topological polar surface area (TPSA) is 23.8 Å². The Morgan fingerprint density at radius 3 is 1.97 bits per heavy atom. The van der Waals surface area contributed by atoms with Gasteiger partial charge in [-0.05, 0) is 94.0 Å². The summed E-state index contributed by atoms with van der Waals surface area (Å²) in [5.41, 5.74) is 0. The molecule has 0 aromatic heterocycles. The highest BCUT2D eigenvalue weighted by Crippen LogP contribution is 2.35. The Hall–Kier alpha value is -1.36. The van der Waals surface area contributed by atoms with Crippen LogP contribution >= 0.6 is 0 Å². The van der Waals surface area contributed by atoms with Crippen LogP contribution in [0.1, 0.15) is 110 Å². The molecule has 0 N–H and O–H groups in total. The van der Waals surface area contributed by atoms with E-state index in [-0.39, 0.29) is 0 Å². The zero-order valence-corrected chi connectivity index (χ0v) is 19.3. The lowest BCUT2D eigenvalue weighted by Crippen LogP contribution is -2.15. The Bertz CT molecular complexity index is 566. The minimum Gasteiger partial charge on any atom is -0.195 e. The summed E-state index contributed by atoms with van der Waals surface area (Å²) in [5.74, 6) is 2.74. The third-order valence-corrected chi connectivity index (χ3v) is 7.38. The first-order valence-corrected chi connectivity index (χ1v) is 12.8. The molecule has 2 saturated carbocycles. The van der Waals surface area contributed by atoms with Crippen molar-refractivity contribution in [3.63, 3.8) is 0 Å². The zero-order valence-electron chi connectivity index (χ0n) is 19.3. The van der Waals surface area contributed by atoms with E-state index in [0.29, 0.717) is 0 Å². The number of hydrogen-bond acceptors (Lipinski definition) is 1. The Labute approximate surface area is 185 Å². The molecule has 0 unspecified atom stereocenters. The standard InChI is InChI=1S/C28H44FN/c1-2-3-4-5-7-10-24-13-17-26(18-14-24)21-22-27-19-15-25(16-20-27)11-8-6-9-12-28(29)23-30/h6,9,12,21-22,24-27H,2-5,7-8,10-11,13-20H2,1H3. The molecule has 0 aromatic rings. The van der Waals surface area contributed by atoms with Gasteiger partial charge >= 0.3 is 0 Å². The molecule has 0 spiro atoms. The molecule has 0 aliphatic heterocycles. The van der Waals surface area contributed by atoms with Gasteiger partial charge in [0.25, 0.3) is 0 Å². The average Bonchev–Trinajstić information content (AvgIpc) is 2.78. The highest BCUT2D eigenvalue weighted by molar-refractivity contribution is 5.18. The predicted molar refractivity (Wildman–Crippen MR) is 127 cm³/mol. The first kappa shape index (κ1) is 24.9. The number of halogens is 1. The molecule has 0 aromatic carbocycles. The van der Waals surface area contributed by atoms with Crippen LogP contribution in [0.2, 0.25) is 0 Å². The largest absolute Gasteiger partial charge is 0.199 e. The van der Waals surface area contributed by atoms with Crippen LogP contribution in [-0.4, -0.2) is 0 Å². The van der Waals surface area contributed by atoms with E-state index in [1.807, 2.05) is 6.08 Å². The SMILES string of the molecule is CCCCCCCC1CCC(C=CC2CCC(CCC=CC=C(F)C#N)CC2)CC1. The van der Waals surface area contributed by atoms with E-state index in [0.717, 1.165) is 30.1 Å². The van der Waals surface area contributed by atoms with E-state index in [1.54, 1.807) is 6.08 Å². The van der Waals surface area contributed by atoms with Gasteiger partial charge in [0.15, 0.2) is 5.83 Å². The van der Waals surface area contributed by atoms with Crippen LogP contribution < -0.4 is 0 Å². The van der Waals surface area contributed by atoms with Gasteiger partial charge in [-0.2, -0.15) is 9.65 Å². The number of nitrogens with zero attached hydrogens (tertiary/aromatic N) is 1. The molecule has 0 heterocycles. The summed E-state index contributed by atoms with van der Waals surface area (Å²) < 4.78 is 12.7. The molecule has 30 heavy (non-hydrogen) atoms. The summed E-state index contributed by atoms with van der Waals surface area (Å²) in [6.07, 6.45) is 31.9. The lowest BCUT2D eigenvalue weighted by atomic mass is 9.77. The molecule has 2 heteroatoms. The first-order valence-electron chi connectivity index (χ1n) is 12.8. The van der Waals surface area contributed by atoms with E-state index in [1.165, 1.54) is 108 Å². The Kier molecular flexibility index (Phi) is 12.8. The van der Waals surface area contributed by atoms with E-state index >= 15 is 0 Å². The van der Waals surface area contributed by atoms with Crippen LogP contribution in [-0.2, 0) is 0 Å². The second-order valence-corrected chi connectivity index (χ2v) is 9.78. The fourth-order valence-electron chi connectivity index (χ4n) is 5.31. The summed E-state index contributed by atoms with van der Waals surface area (Å²) in [4.78, 5) is 0. The van der Waals surface area contributed by atoms with Crippen LogP contribution in [0.25, 0.3) is 0 Å². The van der Waals surface area contributed by atoms with Gasteiger partial charge in [-0.15, -0.1) is 0 Å². The van der Waals surface area contributed by atoms with Crippen molar-refractivity contribution >= 4 is 0 Å². The number of nitriles is 1. The van der Waals surface area contributed by atoms with Crippen LogP contribution in [0.5, 0.6) is 0 Å². The molecule has 0 atom stereocenters. The smallest absolute Gasteiger partial charge is 0.195 e. The maximum Gasteiger partial charge on any atom is 0.199 e. The van der Waals surface area contributed by atoms with E-state index in [4.69, 9.17) is 5.26 Å². The van der Waals surface area contributed by atoms with E-state index in [2.05, 4.69) is 19.1 Å². The molecule has 2 aliphatic carbocycles. The molecule has 0 saturated heterocycles. The molecule has 2 aliphatic rings. The maximum atomic E-state index is 12.7. The molecule has 0 radical (unpaired) electrons. The van der Waals surface area contributed by atoms with Crippen molar-refractivity contribution in [3.05, 3.63) is 36.2 Å². The van der Waals surface area contributed by atoms with Crippen LogP contribution in [0, 0.1) is 35.0 Å². The number of allylic oxidation sites excluding steroid dienone is 6. The molecule has 2 rings (SSSR count). The first-order chi connectivity index (χ1) is 14.7. The molecule has 168 valence electrons. The second-order valence-electron chi connectivity index (χ2n) is 9.78. The molecule has 2 fully saturated rings. The Morgan fingerprint density at radius 2 is 1.40 bits per heavy atom. The highest BCUT2D eigenvalue weighted by Gasteiger charge is 2.21. The van der Waals surface area contributed by atoms with E-state index in [9.17, 15) is 4.39 Å². The summed E-state index contributed by atoms with van der Waals surface area (Å²) >= 11 is 0. The normalized spacial score (nSPS) is 28.2. The molecule has 1 nitrogen and oxygen atoms in total. The zero-order chi connectivity index (χ0) is 21.4. The van der Waals surface area contributed by atoms with Gasteiger partial charge in [0, 0.05) is 0 Å². The molecular formula is C28H44FN. The van der Waals surface area contributed by atoms with Crippen molar-refractivity contribution in [2.75, 3.05) is 0 Å². The Balaban J connectivity index is 1.54. The lowest BCUT2D eigenvalue weighted by molar-refractivity contribution is 0.282. The fourth-order valence-corrected chi connectivity index (χ4v) is 5.31. The predicted octanol–water partition coefficient (Wildman–Crippen LogP) is 9.23. The Morgan fingerprint density at radius 1 is 0.833 bits per heavy atom. The monoisotopic (exact) mass is 413 g/mol. The maximum absolute atomic E-state index is 12.7. The van der Waals surface area contributed by atoms with Crippen molar-refractivity contribution in [2.24, 2.45) is 23.7 Å². The van der Waals surface area contributed by atoms with Crippen molar-refractivity contribution in [3.8, 4) is 6.07 Å². The lowest BCUT2D eigenvalue weighted by Gasteiger charge is -2.29. The molecule has 0 bridgehead atoms. The summed E-state index contributed by atoms with van der Waals surface area (Å²) in [6.45, 7) is 2.29. The minimum atomic E-state index is -0.713. The average molecular weight is 414 g/mol. The van der Waals surface area contributed by atoms with Crippen molar-refractivity contribution in [1.29, 1.82) is 5.26 Å². The fraction of sp³-hybridized carbons (Fsp3) is 0.750. The van der Waals surface area contributed by atoms with Gasteiger partial charge in [0.05, 0.1) is 0 Å². The van der Waals surface area contributed by atoms with Gasteiger partial charge in [0.1, 0.15) is 6.07 Å². The summed E-state index contributed by atoms with van der Waals surface area (Å²) in [5, 5.41) is 8.38. The van der Waals surface area contributed by atoms with Crippen LogP contribution in [0.3, 0.4) is 0 Å².